The molecule has 0 amide bonds. The van der Waals surface area contributed by atoms with E-state index < -0.39 is 17.8 Å². The van der Waals surface area contributed by atoms with Crippen LogP contribution >= 0.6 is 0 Å². The van der Waals surface area contributed by atoms with Gasteiger partial charge in [-0.1, -0.05) is 12.1 Å². The van der Waals surface area contributed by atoms with Crippen LogP contribution in [0.25, 0.3) is 0 Å². The maximum Gasteiger partial charge on any atom is 0.248 e. The van der Waals surface area contributed by atoms with Crippen LogP contribution in [-0.4, -0.2) is 48.1 Å². The van der Waals surface area contributed by atoms with Crippen LogP contribution in [0.15, 0.2) is 24.3 Å². The molecule has 0 bridgehead atoms. The molecule has 1 saturated carbocycles. The molecule has 2 rings (SSSR count). The quantitative estimate of drug-likeness (QED) is 0.421. The normalized spacial score (nSPS) is 19.6. The van der Waals surface area contributed by atoms with Crippen molar-refractivity contribution in [2.45, 2.75) is 49.9 Å². The fourth-order valence-corrected chi connectivity index (χ4v) is 2.85. The molecule has 0 aliphatic heterocycles. The Balaban J connectivity index is 1.80. The Bertz CT molecular complexity index is 544. The van der Waals surface area contributed by atoms with Crippen LogP contribution in [-0.2, 0) is 0 Å². The molecule has 5 nitrogen and oxygen atoms in total. The Morgan fingerprint density at radius 3 is 2.64 bits per heavy atom. The number of nitrogens with one attached hydrogen (secondary N) is 1. The summed E-state index contributed by atoms with van der Waals surface area (Å²) >= 11 is 0. The second-order valence-corrected chi connectivity index (χ2v) is 6.64. The van der Waals surface area contributed by atoms with Gasteiger partial charge in [-0.3, -0.25) is 5.32 Å². The summed E-state index contributed by atoms with van der Waals surface area (Å²) in [5.74, 6) is -4.33. The molecule has 8 heteroatoms. The van der Waals surface area contributed by atoms with Crippen LogP contribution in [0.5, 0.6) is 5.75 Å². The molecule has 0 spiro atoms. The molecule has 1 fully saturated rings. The lowest BCUT2D eigenvalue weighted by atomic mass is 9.87. The van der Waals surface area contributed by atoms with E-state index in [0.29, 0.717) is 30.8 Å². The van der Waals surface area contributed by atoms with Crippen molar-refractivity contribution in [3.63, 3.8) is 0 Å². The number of ether oxygens (including phenoxy) is 1. The van der Waals surface area contributed by atoms with E-state index in [9.17, 15) is 13.9 Å². The number of halogens is 2. The zero-order valence-corrected chi connectivity index (χ0v) is 14.0. The minimum absolute atomic E-state index is 0.0921. The molecule has 0 aromatic heterocycles. The molecular weight excluding hydrogens is 331 g/mol. The Morgan fingerprint density at radius 1 is 1.32 bits per heavy atom. The summed E-state index contributed by atoms with van der Waals surface area (Å²) < 4.78 is 32.0. The van der Waals surface area contributed by atoms with E-state index in [0.717, 1.165) is 0 Å². The minimum Gasteiger partial charge on any atom is -0.493 e. The largest absolute Gasteiger partial charge is 0.493 e. The molecule has 1 unspecified atom stereocenters. The minimum atomic E-state index is -2.54. The molecule has 1 aliphatic rings. The van der Waals surface area contributed by atoms with Crippen molar-refractivity contribution in [3.8, 4) is 5.75 Å². The molecule has 1 aliphatic carbocycles. The predicted molar refractivity (Wildman–Crippen MR) is 89.3 cm³/mol. The Hall–Kier alpha value is -1.22. The van der Waals surface area contributed by atoms with Crippen molar-refractivity contribution in [1.82, 2.24) is 5.32 Å². The van der Waals surface area contributed by atoms with E-state index in [1.807, 2.05) is 0 Å². The van der Waals surface area contributed by atoms with Gasteiger partial charge in [0.2, 0.25) is 5.92 Å². The van der Waals surface area contributed by atoms with Gasteiger partial charge in [-0.15, -0.1) is 0 Å². The van der Waals surface area contributed by atoms with E-state index >= 15 is 0 Å². The maximum atomic E-state index is 13.1. The SMILES string of the molecule is [B]C(O)(O)NCCC(O)c1cccc(OCC2CCC(F)(F)CC2)c1. The van der Waals surface area contributed by atoms with Gasteiger partial charge in [0.15, 0.2) is 13.7 Å². The number of rotatable bonds is 8. The first-order valence-electron chi connectivity index (χ1n) is 8.42. The molecule has 0 heterocycles. The summed E-state index contributed by atoms with van der Waals surface area (Å²) in [5, 5.41) is 30.3. The van der Waals surface area contributed by atoms with E-state index in [2.05, 4.69) is 5.32 Å². The molecule has 1 atom stereocenters. The third-order valence-corrected chi connectivity index (χ3v) is 4.37. The lowest BCUT2D eigenvalue weighted by Crippen LogP contribution is -2.46. The first-order valence-corrected chi connectivity index (χ1v) is 8.42. The van der Waals surface area contributed by atoms with E-state index in [1.54, 1.807) is 24.3 Å². The van der Waals surface area contributed by atoms with Gasteiger partial charge in [-0.25, -0.2) is 8.78 Å². The third kappa shape index (κ3) is 7.27. The molecule has 1 aromatic rings. The second-order valence-electron chi connectivity index (χ2n) is 6.64. The zero-order chi connectivity index (χ0) is 18.5. The van der Waals surface area contributed by atoms with Gasteiger partial charge in [0.1, 0.15) is 5.75 Å². The highest BCUT2D eigenvalue weighted by molar-refractivity contribution is 6.12. The Morgan fingerprint density at radius 2 is 2.00 bits per heavy atom. The highest BCUT2D eigenvalue weighted by Crippen LogP contribution is 2.36. The highest BCUT2D eigenvalue weighted by Gasteiger charge is 2.35. The summed E-state index contributed by atoms with van der Waals surface area (Å²) in [6.45, 7) is 0.480. The van der Waals surface area contributed by atoms with Gasteiger partial charge in [0.05, 0.1) is 12.7 Å². The van der Waals surface area contributed by atoms with Crippen molar-refractivity contribution >= 4 is 7.85 Å². The first-order chi connectivity index (χ1) is 11.6. The lowest BCUT2D eigenvalue weighted by Gasteiger charge is -2.28. The average molecular weight is 355 g/mol. The first kappa shape index (κ1) is 20.1. The number of hydrogen-bond acceptors (Lipinski definition) is 5. The monoisotopic (exact) mass is 355 g/mol. The van der Waals surface area contributed by atoms with Crippen molar-refractivity contribution < 1.29 is 28.8 Å². The second kappa shape index (κ2) is 8.44. The maximum absolute atomic E-state index is 13.1. The number of alkyl halides is 2. The van der Waals surface area contributed by atoms with Crippen molar-refractivity contribution in [1.29, 1.82) is 0 Å². The third-order valence-electron chi connectivity index (χ3n) is 4.37. The van der Waals surface area contributed by atoms with E-state index in [-0.39, 0.29) is 31.7 Å². The average Bonchev–Trinajstić information content (AvgIpc) is 2.53. The molecule has 0 saturated heterocycles. The van der Waals surface area contributed by atoms with Crippen LogP contribution < -0.4 is 10.1 Å². The number of benzene rings is 1. The van der Waals surface area contributed by atoms with Gasteiger partial charge in [-0.2, -0.15) is 0 Å². The number of aliphatic hydroxyl groups excluding tert-OH is 1. The smallest absolute Gasteiger partial charge is 0.248 e. The predicted octanol–water partition coefficient (Wildman–Crippen LogP) is 1.67. The molecule has 138 valence electrons. The summed E-state index contributed by atoms with van der Waals surface area (Å²) in [7, 11) is 4.96. The van der Waals surface area contributed by atoms with Crippen LogP contribution in [0.4, 0.5) is 8.78 Å². The molecule has 4 N–H and O–H groups in total. The standard InChI is InChI=1S/C17H24BF2NO4/c18-17(23,24)21-9-6-15(22)13-2-1-3-14(10-13)25-11-12-4-7-16(19,20)8-5-12/h1-3,10,12,15,21-24H,4-9,11H2. The summed E-state index contributed by atoms with van der Waals surface area (Å²) in [4.78, 5) is 0. The molecule has 1 aromatic carbocycles. The fourth-order valence-electron chi connectivity index (χ4n) is 2.85. The Labute approximate surface area is 147 Å². The van der Waals surface area contributed by atoms with Crippen molar-refractivity contribution in [2.24, 2.45) is 5.92 Å². The van der Waals surface area contributed by atoms with Gasteiger partial charge < -0.3 is 20.1 Å². The van der Waals surface area contributed by atoms with E-state index in [1.165, 1.54) is 0 Å². The van der Waals surface area contributed by atoms with Gasteiger partial charge in [0.25, 0.3) is 0 Å². The highest BCUT2D eigenvalue weighted by atomic mass is 19.3. The Kier molecular flexibility index (Phi) is 6.79. The molecule has 25 heavy (non-hydrogen) atoms. The van der Waals surface area contributed by atoms with Crippen LogP contribution in [0.1, 0.15) is 43.8 Å². The molecule has 2 radical (unpaired) electrons. The number of hydrogen-bond donors (Lipinski definition) is 4. The summed E-state index contributed by atoms with van der Waals surface area (Å²) in [6, 6.07) is 6.90. The van der Waals surface area contributed by atoms with Crippen LogP contribution in [0, 0.1) is 5.92 Å². The van der Waals surface area contributed by atoms with Crippen LogP contribution in [0.2, 0.25) is 0 Å². The molecular formula is C17H24BF2NO4. The lowest BCUT2D eigenvalue weighted by molar-refractivity contribution is -0.112. The van der Waals surface area contributed by atoms with Crippen molar-refractivity contribution in [3.05, 3.63) is 29.8 Å². The summed E-state index contributed by atoms with van der Waals surface area (Å²) in [5.41, 5.74) is 0.618. The van der Waals surface area contributed by atoms with Crippen molar-refractivity contribution in [2.75, 3.05) is 13.2 Å². The zero-order valence-electron chi connectivity index (χ0n) is 14.0. The van der Waals surface area contributed by atoms with E-state index in [4.69, 9.17) is 22.8 Å². The van der Waals surface area contributed by atoms with Crippen LogP contribution in [0.3, 0.4) is 0 Å². The van der Waals surface area contributed by atoms with Gasteiger partial charge in [-0.05, 0) is 42.9 Å². The summed E-state index contributed by atoms with van der Waals surface area (Å²) in [6.07, 6.45) is 0.109. The topological polar surface area (TPSA) is 82.0 Å². The fraction of sp³-hybridized carbons (Fsp3) is 0.647. The van der Waals surface area contributed by atoms with Gasteiger partial charge >= 0.3 is 0 Å². The number of aliphatic hydroxyl groups is 3. The van der Waals surface area contributed by atoms with Gasteiger partial charge in [0, 0.05) is 19.4 Å².